The van der Waals surface area contributed by atoms with E-state index in [1.807, 2.05) is 13.0 Å². The zero-order valence-corrected chi connectivity index (χ0v) is 11.3. The molecule has 0 saturated heterocycles. The highest BCUT2D eigenvalue weighted by atomic mass is 79.9. The maximum Gasteiger partial charge on any atom is 0.166 e. The van der Waals surface area contributed by atoms with Crippen LogP contribution in [0.15, 0.2) is 10.5 Å². The molecule has 1 aromatic carbocycles. The maximum absolute atomic E-state index is 6.23. The molecule has 4 heteroatoms. The molecule has 0 aromatic heterocycles. The Morgan fingerprint density at radius 1 is 1.25 bits per heavy atom. The molecule has 2 N–H and O–H groups in total. The predicted octanol–water partition coefficient (Wildman–Crippen LogP) is 2.72. The van der Waals surface area contributed by atoms with Crippen molar-refractivity contribution in [3.63, 3.8) is 0 Å². The summed E-state index contributed by atoms with van der Waals surface area (Å²) in [7, 11) is 3.30. The van der Waals surface area contributed by atoms with Crippen LogP contribution in [0.1, 0.15) is 24.0 Å². The molecule has 0 radical (unpaired) electrons. The van der Waals surface area contributed by atoms with Crippen molar-refractivity contribution in [3.8, 4) is 11.5 Å². The van der Waals surface area contributed by atoms with E-state index >= 15 is 0 Å². The van der Waals surface area contributed by atoms with Crippen LogP contribution >= 0.6 is 15.9 Å². The number of halogens is 1. The van der Waals surface area contributed by atoms with Gasteiger partial charge >= 0.3 is 0 Å². The maximum atomic E-state index is 6.23. The SMILES string of the molecule is COc1c(C2(N)CC2)cc(Br)c(C)c1OC. The predicted molar refractivity (Wildman–Crippen MR) is 67.1 cm³/mol. The highest BCUT2D eigenvalue weighted by molar-refractivity contribution is 9.10. The summed E-state index contributed by atoms with van der Waals surface area (Å²) < 4.78 is 11.9. The topological polar surface area (TPSA) is 44.5 Å². The average molecular weight is 286 g/mol. The van der Waals surface area contributed by atoms with Gasteiger partial charge in [-0.2, -0.15) is 0 Å². The van der Waals surface area contributed by atoms with Crippen LogP contribution in [0.2, 0.25) is 0 Å². The number of benzene rings is 1. The number of hydrogen-bond donors (Lipinski definition) is 1. The molecule has 1 aliphatic carbocycles. The second-order valence-electron chi connectivity index (χ2n) is 4.25. The summed E-state index contributed by atoms with van der Waals surface area (Å²) in [5, 5.41) is 0. The van der Waals surface area contributed by atoms with Crippen molar-refractivity contribution >= 4 is 15.9 Å². The molecule has 88 valence electrons. The Morgan fingerprint density at radius 2 is 1.81 bits per heavy atom. The highest BCUT2D eigenvalue weighted by Gasteiger charge is 2.43. The Hall–Kier alpha value is -0.740. The van der Waals surface area contributed by atoms with E-state index in [9.17, 15) is 0 Å². The van der Waals surface area contributed by atoms with Crippen molar-refractivity contribution in [1.82, 2.24) is 0 Å². The van der Waals surface area contributed by atoms with Gasteiger partial charge in [0.05, 0.1) is 14.2 Å². The van der Waals surface area contributed by atoms with Gasteiger partial charge in [0.15, 0.2) is 11.5 Å². The summed E-state index contributed by atoms with van der Waals surface area (Å²) in [5.74, 6) is 1.53. The van der Waals surface area contributed by atoms with Gasteiger partial charge in [-0.15, -0.1) is 0 Å². The largest absolute Gasteiger partial charge is 0.493 e. The molecule has 0 amide bonds. The molecule has 0 aliphatic heterocycles. The van der Waals surface area contributed by atoms with E-state index in [0.29, 0.717) is 0 Å². The summed E-state index contributed by atoms with van der Waals surface area (Å²) in [5.41, 5.74) is 8.07. The van der Waals surface area contributed by atoms with Crippen LogP contribution in [0, 0.1) is 6.92 Å². The molecule has 1 fully saturated rings. The van der Waals surface area contributed by atoms with Gasteiger partial charge in [0.1, 0.15) is 0 Å². The molecule has 1 aliphatic rings. The molecule has 0 atom stereocenters. The quantitative estimate of drug-likeness (QED) is 0.929. The average Bonchev–Trinajstić information content (AvgIpc) is 3.00. The summed E-state index contributed by atoms with van der Waals surface area (Å²) in [6.45, 7) is 1.99. The lowest BCUT2D eigenvalue weighted by atomic mass is 10.0. The van der Waals surface area contributed by atoms with Gasteiger partial charge in [-0.05, 0) is 25.8 Å². The van der Waals surface area contributed by atoms with Gasteiger partial charge in [0, 0.05) is 21.1 Å². The van der Waals surface area contributed by atoms with E-state index < -0.39 is 0 Å². The van der Waals surface area contributed by atoms with Crippen LogP contribution in [0.25, 0.3) is 0 Å². The van der Waals surface area contributed by atoms with Gasteiger partial charge in [0.2, 0.25) is 0 Å². The molecular formula is C12H16BrNO2. The van der Waals surface area contributed by atoms with Crippen LogP contribution in [-0.2, 0) is 5.54 Å². The van der Waals surface area contributed by atoms with Crippen molar-refractivity contribution in [1.29, 1.82) is 0 Å². The molecule has 2 rings (SSSR count). The first-order chi connectivity index (χ1) is 7.53. The van der Waals surface area contributed by atoms with Crippen molar-refractivity contribution in [2.75, 3.05) is 14.2 Å². The van der Waals surface area contributed by atoms with Gasteiger partial charge in [0.25, 0.3) is 0 Å². The van der Waals surface area contributed by atoms with Crippen molar-refractivity contribution in [3.05, 3.63) is 21.7 Å². The van der Waals surface area contributed by atoms with E-state index in [1.165, 1.54) is 0 Å². The summed E-state index contributed by atoms with van der Waals surface area (Å²) in [6.07, 6.45) is 2.00. The number of hydrogen-bond acceptors (Lipinski definition) is 3. The first-order valence-corrected chi connectivity index (χ1v) is 6.03. The van der Waals surface area contributed by atoms with Crippen LogP contribution in [-0.4, -0.2) is 14.2 Å². The van der Waals surface area contributed by atoms with Crippen LogP contribution in [0.4, 0.5) is 0 Å². The molecule has 0 spiro atoms. The minimum atomic E-state index is -0.227. The lowest BCUT2D eigenvalue weighted by molar-refractivity contribution is 0.346. The zero-order chi connectivity index (χ0) is 11.9. The smallest absolute Gasteiger partial charge is 0.166 e. The standard InChI is InChI=1S/C12H16BrNO2/c1-7-9(13)6-8(12(14)4-5-12)11(16-3)10(7)15-2/h6H,4-5,14H2,1-3H3. The molecule has 1 saturated carbocycles. The minimum Gasteiger partial charge on any atom is -0.493 e. The Morgan fingerprint density at radius 3 is 2.25 bits per heavy atom. The highest BCUT2D eigenvalue weighted by Crippen LogP contribution is 2.51. The monoisotopic (exact) mass is 285 g/mol. The van der Waals surface area contributed by atoms with Gasteiger partial charge < -0.3 is 15.2 Å². The second kappa shape index (κ2) is 3.93. The number of ether oxygens (including phenoxy) is 2. The van der Waals surface area contributed by atoms with Gasteiger partial charge in [-0.1, -0.05) is 15.9 Å². The third kappa shape index (κ3) is 1.70. The minimum absolute atomic E-state index is 0.227. The Kier molecular flexibility index (Phi) is 2.88. The lowest BCUT2D eigenvalue weighted by Gasteiger charge is -2.19. The molecule has 0 heterocycles. The van der Waals surface area contributed by atoms with Gasteiger partial charge in [-0.3, -0.25) is 0 Å². The van der Waals surface area contributed by atoms with E-state index in [0.717, 1.165) is 39.9 Å². The van der Waals surface area contributed by atoms with E-state index in [-0.39, 0.29) is 5.54 Å². The number of rotatable bonds is 3. The summed E-state index contributed by atoms with van der Waals surface area (Å²) in [4.78, 5) is 0. The molecule has 1 aromatic rings. The zero-order valence-electron chi connectivity index (χ0n) is 9.76. The van der Waals surface area contributed by atoms with Crippen molar-refractivity contribution in [2.45, 2.75) is 25.3 Å². The first kappa shape index (κ1) is 11.7. The van der Waals surface area contributed by atoms with E-state index in [2.05, 4.69) is 15.9 Å². The van der Waals surface area contributed by atoms with Gasteiger partial charge in [-0.25, -0.2) is 0 Å². The second-order valence-corrected chi connectivity index (χ2v) is 5.11. The van der Waals surface area contributed by atoms with E-state index in [1.54, 1.807) is 14.2 Å². The third-order valence-corrected chi connectivity index (χ3v) is 3.98. The Bertz CT molecular complexity index is 428. The fourth-order valence-corrected chi connectivity index (χ4v) is 2.33. The fourth-order valence-electron chi connectivity index (χ4n) is 1.92. The number of nitrogens with two attached hydrogens (primary N) is 1. The van der Waals surface area contributed by atoms with Crippen molar-refractivity contribution in [2.24, 2.45) is 5.73 Å². The van der Waals surface area contributed by atoms with Crippen LogP contribution < -0.4 is 15.2 Å². The Balaban J connectivity index is 2.64. The third-order valence-electron chi connectivity index (χ3n) is 3.15. The van der Waals surface area contributed by atoms with Crippen LogP contribution in [0.5, 0.6) is 11.5 Å². The number of methoxy groups -OCH3 is 2. The van der Waals surface area contributed by atoms with Crippen LogP contribution in [0.3, 0.4) is 0 Å². The fraction of sp³-hybridized carbons (Fsp3) is 0.500. The summed E-state index contributed by atoms with van der Waals surface area (Å²) in [6, 6.07) is 2.05. The molecular weight excluding hydrogens is 270 g/mol. The molecule has 3 nitrogen and oxygen atoms in total. The molecule has 0 unspecified atom stereocenters. The molecule has 0 bridgehead atoms. The van der Waals surface area contributed by atoms with Crippen molar-refractivity contribution < 1.29 is 9.47 Å². The first-order valence-electron chi connectivity index (χ1n) is 5.24. The normalized spacial score (nSPS) is 17.1. The molecule has 16 heavy (non-hydrogen) atoms. The summed E-state index contributed by atoms with van der Waals surface area (Å²) >= 11 is 3.53. The lowest BCUT2D eigenvalue weighted by Crippen LogP contribution is -2.20. The van der Waals surface area contributed by atoms with E-state index in [4.69, 9.17) is 15.2 Å². The Labute approximate surface area is 104 Å².